The molecule has 0 atom stereocenters. The summed E-state index contributed by atoms with van der Waals surface area (Å²) in [4.78, 5) is 11.4. The Morgan fingerprint density at radius 2 is 1.83 bits per heavy atom. The number of rotatable bonds is 9. The first-order valence-electron chi connectivity index (χ1n) is 6.87. The topological polar surface area (TPSA) is 26.3 Å². The molecule has 0 amide bonds. The highest BCUT2D eigenvalue weighted by Gasteiger charge is 2.03. The zero-order valence-corrected chi connectivity index (χ0v) is 11.2. The summed E-state index contributed by atoms with van der Waals surface area (Å²) in [7, 11) is 0. The zero-order chi connectivity index (χ0) is 13.1. The Hall–Kier alpha value is -1.31. The van der Waals surface area contributed by atoms with Crippen LogP contribution in [0.5, 0.6) is 0 Å². The van der Waals surface area contributed by atoms with Gasteiger partial charge in [-0.1, -0.05) is 69.4 Å². The summed E-state index contributed by atoms with van der Waals surface area (Å²) in [5.41, 5.74) is 1.03. The molecule has 2 heteroatoms. The van der Waals surface area contributed by atoms with E-state index in [0.717, 1.165) is 18.4 Å². The normalized spacial score (nSPS) is 10.3. The minimum atomic E-state index is -0.200. The zero-order valence-electron chi connectivity index (χ0n) is 11.2. The molecule has 1 aromatic rings. The first-order valence-corrected chi connectivity index (χ1v) is 6.87. The van der Waals surface area contributed by atoms with Crippen LogP contribution in [-0.2, 0) is 16.1 Å². The van der Waals surface area contributed by atoms with Crippen molar-refractivity contribution in [3.05, 3.63) is 42.3 Å². The molecule has 1 radical (unpaired) electrons. The summed E-state index contributed by atoms with van der Waals surface area (Å²) >= 11 is 0. The summed E-state index contributed by atoms with van der Waals surface area (Å²) in [6.45, 7) is 2.57. The maximum Gasteiger partial charge on any atom is 0.310 e. The van der Waals surface area contributed by atoms with E-state index in [4.69, 9.17) is 4.74 Å². The van der Waals surface area contributed by atoms with Gasteiger partial charge in [0.25, 0.3) is 0 Å². The lowest BCUT2D eigenvalue weighted by molar-refractivity contribution is -0.140. The van der Waals surface area contributed by atoms with Gasteiger partial charge in [-0.05, 0) is 12.0 Å². The number of esters is 1. The van der Waals surface area contributed by atoms with Crippen molar-refractivity contribution in [2.75, 3.05) is 0 Å². The average Bonchev–Trinajstić information content (AvgIpc) is 2.41. The minimum absolute atomic E-state index is 0.200. The molecule has 0 saturated carbocycles. The quantitative estimate of drug-likeness (QED) is 0.480. The lowest BCUT2D eigenvalue weighted by Gasteiger charge is -2.04. The van der Waals surface area contributed by atoms with E-state index in [1.54, 1.807) is 6.42 Å². The second kappa shape index (κ2) is 9.69. The third-order valence-corrected chi connectivity index (χ3v) is 2.84. The van der Waals surface area contributed by atoms with Crippen LogP contribution in [0.1, 0.15) is 51.0 Å². The van der Waals surface area contributed by atoms with Crippen LogP contribution in [0.3, 0.4) is 0 Å². The van der Waals surface area contributed by atoms with Crippen LogP contribution in [0.15, 0.2) is 30.3 Å². The van der Waals surface area contributed by atoms with E-state index >= 15 is 0 Å². The van der Waals surface area contributed by atoms with Crippen molar-refractivity contribution in [1.29, 1.82) is 0 Å². The molecule has 0 unspecified atom stereocenters. The number of benzene rings is 1. The van der Waals surface area contributed by atoms with E-state index < -0.39 is 0 Å². The predicted molar refractivity (Wildman–Crippen MR) is 73.9 cm³/mol. The van der Waals surface area contributed by atoms with Crippen LogP contribution in [-0.4, -0.2) is 5.97 Å². The monoisotopic (exact) mass is 247 g/mol. The minimum Gasteiger partial charge on any atom is -0.461 e. The Morgan fingerprint density at radius 1 is 1.11 bits per heavy atom. The van der Waals surface area contributed by atoms with Crippen molar-refractivity contribution in [1.82, 2.24) is 0 Å². The van der Waals surface area contributed by atoms with Gasteiger partial charge in [-0.25, -0.2) is 0 Å². The molecular formula is C16H23O2. The molecule has 0 aromatic heterocycles. The summed E-state index contributed by atoms with van der Waals surface area (Å²) < 4.78 is 5.16. The van der Waals surface area contributed by atoms with Gasteiger partial charge in [-0.2, -0.15) is 0 Å². The highest BCUT2D eigenvalue weighted by atomic mass is 16.5. The fourth-order valence-electron chi connectivity index (χ4n) is 1.76. The SMILES string of the molecule is CCCCCCC[CH]C(=O)OCc1ccccc1. The standard InChI is InChI=1S/C16H23O2/c1-2-3-4-5-6-10-13-16(17)18-14-15-11-8-7-9-12-15/h7-9,11-13H,2-6,10,14H2,1H3. The summed E-state index contributed by atoms with van der Waals surface area (Å²) in [6, 6.07) is 9.75. The van der Waals surface area contributed by atoms with Crippen molar-refractivity contribution in [3.63, 3.8) is 0 Å². The van der Waals surface area contributed by atoms with Crippen molar-refractivity contribution in [3.8, 4) is 0 Å². The molecule has 99 valence electrons. The van der Waals surface area contributed by atoms with Crippen molar-refractivity contribution >= 4 is 5.97 Å². The van der Waals surface area contributed by atoms with E-state index in [0.29, 0.717) is 6.61 Å². The lowest BCUT2D eigenvalue weighted by atomic mass is 10.1. The first-order chi connectivity index (χ1) is 8.83. The largest absolute Gasteiger partial charge is 0.461 e. The van der Waals surface area contributed by atoms with E-state index in [-0.39, 0.29) is 5.97 Å². The van der Waals surface area contributed by atoms with Crippen LogP contribution in [0, 0.1) is 6.42 Å². The number of carbonyl (C=O) groups is 1. The molecule has 0 aliphatic carbocycles. The fraction of sp³-hybridized carbons (Fsp3) is 0.500. The van der Waals surface area contributed by atoms with Crippen LogP contribution >= 0.6 is 0 Å². The van der Waals surface area contributed by atoms with E-state index in [9.17, 15) is 4.79 Å². The van der Waals surface area contributed by atoms with Gasteiger partial charge in [-0.3, -0.25) is 4.79 Å². The van der Waals surface area contributed by atoms with E-state index in [1.165, 1.54) is 25.7 Å². The van der Waals surface area contributed by atoms with Gasteiger partial charge in [0, 0.05) is 0 Å². The Bertz CT molecular complexity index is 319. The molecule has 0 aliphatic rings. The molecule has 18 heavy (non-hydrogen) atoms. The maximum atomic E-state index is 11.4. The molecular weight excluding hydrogens is 224 g/mol. The van der Waals surface area contributed by atoms with Gasteiger partial charge < -0.3 is 4.74 Å². The molecule has 0 N–H and O–H groups in total. The van der Waals surface area contributed by atoms with Gasteiger partial charge in [0.05, 0.1) is 6.42 Å². The Morgan fingerprint density at radius 3 is 2.56 bits per heavy atom. The highest BCUT2D eigenvalue weighted by molar-refractivity contribution is 5.78. The molecule has 0 saturated heterocycles. The Balaban J connectivity index is 2.01. The molecule has 2 nitrogen and oxygen atoms in total. The summed E-state index contributed by atoms with van der Waals surface area (Å²) in [6.07, 6.45) is 8.59. The van der Waals surface area contributed by atoms with E-state index in [1.807, 2.05) is 30.3 Å². The second-order valence-corrected chi connectivity index (χ2v) is 4.50. The Labute approximate surface area is 110 Å². The number of hydrogen-bond donors (Lipinski definition) is 0. The van der Waals surface area contributed by atoms with Crippen LogP contribution < -0.4 is 0 Å². The summed E-state index contributed by atoms with van der Waals surface area (Å²) in [5.74, 6) is -0.200. The smallest absolute Gasteiger partial charge is 0.310 e. The van der Waals surface area contributed by atoms with Gasteiger partial charge in [0.15, 0.2) is 0 Å². The predicted octanol–water partition coefficient (Wildman–Crippen LogP) is 4.29. The molecule has 0 aliphatic heterocycles. The van der Waals surface area contributed by atoms with Gasteiger partial charge in [0.2, 0.25) is 0 Å². The second-order valence-electron chi connectivity index (χ2n) is 4.50. The van der Waals surface area contributed by atoms with Crippen LogP contribution in [0.2, 0.25) is 0 Å². The van der Waals surface area contributed by atoms with Gasteiger partial charge >= 0.3 is 5.97 Å². The number of ether oxygens (including phenoxy) is 1. The maximum absolute atomic E-state index is 11.4. The highest BCUT2D eigenvalue weighted by Crippen LogP contribution is 2.08. The number of unbranched alkanes of at least 4 members (excludes halogenated alkanes) is 5. The molecule has 1 aromatic carbocycles. The Kier molecular flexibility index (Phi) is 7.94. The van der Waals surface area contributed by atoms with Gasteiger partial charge in [0.1, 0.15) is 6.61 Å². The van der Waals surface area contributed by atoms with Crippen molar-refractivity contribution in [2.24, 2.45) is 0 Å². The fourth-order valence-corrected chi connectivity index (χ4v) is 1.76. The van der Waals surface area contributed by atoms with E-state index in [2.05, 4.69) is 6.92 Å². The summed E-state index contributed by atoms with van der Waals surface area (Å²) in [5, 5.41) is 0. The first kappa shape index (κ1) is 14.7. The van der Waals surface area contributed by atoms with Gasteiger partial charge in [-0.15, -0.1) is 0 Å². The molecule has 0 heterocycles. The van der Waals surface area contributed by atoms with Crippen molar-refractivity contribution in [2.45, 2.75) is 52.1 Å². The molecule has 0 spiro atoms. The molecule has 0 fully saturated rings. The number of hydrogen-bond acceptors (Lipinski definition) is 2. The third-order valence-electron chi connectivity index (χ3n) is 2.84. The van der Waals surface area contributed by atoms with Crippen LogP contribution in [0.25, 0.3) is 0 Å². The van der Waals surface area contributed by atoms with Crippen LogP contribution in [0.4, 0.5) is 0 Å². The lowest BCUT2D eigenvalue weighted by Crippen LogP contribution is -2.05. The number of carbonyl (C=O) groups excluding carboxylic acids is 1. The molecule has 0 bridgehead atoms. The average molecular weight is 247 g/mol. The third kappa shape index (κ3) is 7.10. The molecule has 1 rings (SSSR count). The van der Waals surface area contributed by atoms with Crippen molar-refractivity contribution < 1.29 is 9.53 Å².